The number of rotatable bonds is 5. The van der Waals surface area contributed by atoms with E-state index in [9.17, 15) is 14.9 Å². The normalized spacial score (nSPS) is 11.4. The first kappa shape index (κ1) is 19.4. The number of hydrogen-bond donors (Lipinski definition) is 1. The summed E-state index contributed by atoms with van der Waals surface area (Å²) in [7, 11) is 0. The summed E-state index contributed by atoms with van der Waals surface area (Å²) in [5.41, 5.74) is 5.44. The molecule has 0 atom stereocenters. The third-order valence-corrected chi connectivity index (χ3v) is 5.43. The molecule has 0 fully saturated rings. The zero-order valence-electron chi connectivity index (χ0n) is 15.9. The quantitative estimate of drug-likeness (QED) is 0.280. The van der Waals surface area contributed by atoms with Crippen LogP contribution in [0.1, 0.15) is 22.8 Å². The molecule has 0 bridgehead atoms. The van der Waals surface area contributed by atoms with Gasteiger partial charge in [0.2, 0.25) is 0 Å². The lowest BCUT2D eigenvalue weighted by atomic mass is 10.1. The average molecular weight is 416 g/mol. The van der Waals surface area contributed by atoms with Gasteiger partial charge in [0.25, 0.3) is 11.6 Å². The summed E-state index contributed by atoms with van der Waals surface area (Å²) in [6.45, 7) is 1.68. The molecule has 2 aromatic heterocycles. The van der Waals surface area contributed by atoms with E-state index in [-0.39, 0.29) is 11.6 Å². The van der Waals surface area contributed by atoms with E-state index < -0.39 is 4.92 Å². The van der Waals surface area contributed by atoms with Crippen molar-refractivity contribution >= 4 is 39.5 Å². The van der Waals surface area contributed by atoms with Gasteiger partial charge in [0.05, 0.1) is 32.3 Å². The third-order valence-electron chi connectivity index (χ3n) is 4.53. The minimum absolute atomic E-state index is 0.0332. The van der Waals surface area contributed by atoms with E-state index in [4.69, 9.17) is 0 Å². The van der Waals surface area contributed by atoms with Crippen molar-refractivity contribution in [2.45, 2.75) is 6.92 Å². The summed E-state index contributed by atoms with van der Waals surface area (Å²) in [5.74, 6) is -0.379. The molecular weight excluding hydrogens is 400 g/mol. The molecule has 4 rings (SSSR count). The Bertz CT molecular complexity index is 1280. The van der Waals surface area contributed by atoms with E-state index in [1.807, 2.05) is 41.8 Å². The summed E-state index contributed by atoms with van der Waals surface area (Å²) < 4.78 is 0. The van der Waals surface area contributed by atoms with Gasteiger partial charge in [-0.05, 0) is 30.5 Å². The van der Waals surface area contributed by atoms with E-state index in [0.717, 1.165) is 10.3 Å². The molecule has 4 aromatic rings. The Kier molecular flexibility index (Phi) is 5.32. The van der Waals surface area contributed by atoms with Crippen molar-refractivity contribution in [3.63, 3.8) is 0 Å². The van der Waals surface area contributed by atoms with Gasteiger partial charge < -0.3 is 0 Å². The van der Waals surface area contributed by atoms with Gasteiger partial charge in [-0.2, -0.15) is 5.10 Å². The molecule has 0 aliphatic rings. The molecule has 8 heteroatoms. The summed E-state index contributed by atoms with van der Waals surface area (Å²) in [6.07, 6.45) is 0. The number of benzene rings is 2. The summed E-state index contributed by atoms with van der Waals surface area (Å²) in [6, 6.07) is 19.2. The van der Waals surface area contributed by atoms with Gasteiger partial charge >= 0.3 is 0 Å². The van der Waals surface area contributed by atoms with Crippen LogP contribution in [-0.4, -0.2) is 21.5 Å². The number of thiophene rings is 1. The number of nitro groups is 1. The predicted molar refractivity (Wildman–Crippen MR) is 118 cm³/mol. The highest BCUT2D eigenvalue weighted by Crippen LogP contribution is 2.27. The first-order valence-corrected chi connectivity index (χ1v) is 9.94. The summed E-state index contributed by atoms with van der Waals surface area (Å²) in [4.78, 5) is 29.1. The van der Waals surface area contributed by atoms with Crippen LogP contribution in [0, 0.1) is 10.1 Å². The molecule has 0 saturated carbocycles. The lowest BCUT2D eigenvalue weighted by Crippen LogP contribution is -2.20. The number of carbonyl (C=O) groups is 1. The monoisotopic (exact) mass is 416 g/mol. The first-order chi connectivity index (χ1) is 14.5. The summed E-state index contributed by atoms with van der Waals surface area (Å²) in [5, 5.41) is 17.8. The Labute approximate surface area is 175 Å². The van der Waals surface area contributed by atoms with Gasteiger partial charge in [-0.1, -0.05) is 36.4 Å². The number of aromatic nitrogens is 1. The maximum Gasteiger partial charge on any atom is 0.272 e. The number of nitrogens with zero attached hydrogens (tertiary/aromatic N) is 3. The number of carbonyl (C=O) groups excluding carboxylic acids is 1. The van der Waals surface area contributed by atoms with Crippen LogP contribution in [0.2, 0.25) is 0 Å². The molecule has 1 amide bonds. The van der Waals surface area contributed by atoms with Crippen LogP contribution in [0.3, 0.4) is 0 Å². The van der Waals surface area contributed by atoms with Crippen LogP contribution in [0.5, 0.6) is 0 Å². The van der Waals surface area contributed by atoms with E-state index in [2.05, 4.69) is 15.5 Å². The molecule has 30 heavy (non-hydrogen) atoms. The molecule has 0 aliphatic carbocycles. The SMILES string of the molecule is C/C(=N/NC(=O)c1cc(-c2cccs2)nc2ccccc12)c1cccc([N+](=O)[O-])c1. The van der Waals surface area contributed by atoms with Crippen LogP contribution in [0.25, 0.3) is 21.5 Å². The van der Waals surface area contributed by atoms with Gasteiger partial charge in [-0.15, -0.1) is 11.3 Å². The number of hydrazone groups is 1. The summed E-state index contributed by atoms with van der Waals surface area (Å²) >= 11 is 1.55. The second-order valence-electron chi connectivity index (χ2n) is 6.50. The van der Waals surface area contributed by atoms with Crippen molar-refractivity contribution in [3.8, 4) is 10.6 Å². The molecule has 148 valence electrons. The van der Waals surface area contributed by atoms with Crippen molar-refractivity contribution in [2.24, 2.45) is 5.10 Å². The second-order valence-corrected chi connectivity index (χ2v) is 7.44. The third kappa shape index (κ3) is 3.94. The Balaban J connectivity index is 1.67. The highest BCUT2D eigenvalue weighted by atomic mass is 32.1. The Morgan fingerprint density at radius 3 is 2.70 bits per heavy atom. The standard InChI is InChI=1S/C22H16N4O3S/c1-14(15-6-4-7-16(12-15)26(28)29)24-25-22(27)18-13-20(21-10-5-11-30-21)23-19-9-3-2-8-17(18)19/h2-13H,1H3,(H,25,27)/b24-14-. The van der Waals surface area contributed by atoms with Crippen LogP contribution < -0.4 is 5.43 Å². The minimum Gasteiger partial charge on any atom is -0.267 e. The molecule has 7 nitrogen and oxygen atoms in total. The smallest absolute Gasteiger partial charge is 0.267 e. The number of hydrogen-bond acceptors (Lipinski definition) is 6. The maximum absolute atomic E-state index is 12.9. The highest BCUT2D eigenvalue weighted by Gasteiger charge is 2.14. The van der Waals surface area contributed by atoms with Gasteiger partial charge in [0, 0.05) is 23.1 Å². The van der Waals surface area contributed by atoms with E-state index in [0.29, 0.717) is 28.0 Å². The van der Waals surface area contributed by atoms with Crippen LogP contribution in [0.4, 0.5) is 5.69 Å². The van der Waals surface area contributed by atoms with Gasteiger partial charge in [0.15, 0.2) is 0 Å². The van der Waals surface area contributed by atoms with Gasteiger partial charge in [-0.25, -0.2) is 10.4 Å². The van der Waals surface area contributed by atoms with E-state index >= 15 is 0 Å². The van der Waals surface area contributed by atoms with Crippen molar-refractivity contribution in [1.82, 2.24) is 10.4 Å². The average Bonchev–Trinajstić information content (AvgIpc) is 3.31. The molecule has 2 heterocycles. The molecule has 0 radical (unpaired) electrons. The molecule has 0 saturated heterocycles. The van der Waals surface area contributed by atoms with E-state index in [1.54, 1.807) is 36.5 Å². The fourth-order valence-electron chi connectivity index (χ4n) is 3.02. The molecule has 0 aliphatic heterocycles. The number of non-ortho nitro benzene ring substituents is 1. The van der Waals surface area contributed by atoms with Crippen LogP contribution in [-0.2, 0) is 0 Å². The fraction of sp³-hybridized carbons (Fsp3) is 0.0455. The van der Waals surface area contributed by atoms with Crippen LogP contribution >= 0.6 is 11.3 Å². The number of nitro benzene ring substituents is 1. The predicted octanol–water partition coefficient (Wildman–Crippen LogP) is 5.03. The molecule has 0 spiro atoms. The zero-order valence-corrected chi connectivity index (χ0v) is 16.7. The second kappa shape index (κ2) is 8.22. The highest BCUT2D eigenvalue weighted by molar-refractivity contribution is 7.13. The largest absolute Gasteiger partial charge is 0.272 e. The molecule has 1 N–H and O–H groups in total. The molecular formula is C22H16N4O3S. The van der Waals surface area contributed by atoms with Crippen molar-refractivity contribution in [3.05, 3.63) is 93.4 Å². The first-order valence-electron chi connectivity index (χ1n) is 9.06. The van der Waals surface area contributed by atoms with Crippen molar-refractivity contribution in [1.29, 1.82) is 0 Å². The Hall–Kier alpha value is -3.91. The lowest BCUT2D eigenvalue weighted by Gasteiger charge is -2.08. The van der Waals surface area contributed by atoms with Gasteiger partial charge in [0.1, 0.15) is 0 Å². The topological polar surface area (TPSA) is 97.5 Å². The van der Waals surface area contributed by atoms with E-state index in [1.165, 1.54) is 12.1 Å². The molecule has 2 aromatic carbocycles. The van der Waals surface area contributed by atoms with Crippen LogP contribution in [0.15, 0.2) is 77.2 Å². The maximum atomic E-state index is 12.9. The minimum atomic E-state index is -0.468. The van der Waals surface area contributed by atoms with Crippen molar-refractivity contribution in [2.75, 3.05) is 0 Å². The Morgan fingerprint density at radius 1 is 1.10 bits per heavy atom. The zero-order chi connectivity index (χ0) is 21.1. The van der Waals surface area contributed by atoms with Gasteiger partial charge in [-0.3, -0.25) is 14.9 Å². The lowest BCUT2D eigenvalue weighted by molar-refractivity contribution is -0.384. The number of fused-ring (bicyclic) bond motifs is 1. The van der Waals surface area contributed by atoms with Crippen molar-refractivity contribution < 1.29 is 9.72 Å². The Morgan fingerprint density at radius 2 is 1.93 bits per heavy atom. The molecule has 0 unspecified atom stereocenters. The number of para-hydroxylation sites is 1. The fourth-order valence-corrected chi connectivity index (χ4v) is 3.70. The number of pyridine rings is 1. The number of nitrogens with one attached hydrogen (secondary N) is 1. The number of amides is 1.